The fraction of sp³-hybridized carbons (Fsp3) is 0.238. The van der Waals surface area contributed by atoms with Crippen molar-refractivity contribution < 1.29 is 0 Å². The van der Waals surface area contributed by atoms with Crippen LogP contribution in [0.25, 0.3) is 11.0 Å². The predicted octanol–water partition coefficient (Wildman–Crippen LogP) is 3.89. The standard InChI is InChI=1S/C21H22N6/c1-13-7-8-14(2)17(10-13)19(16-6-5-9-22-11-16)25-20-18-15(3)26-27(4)21(18)24-12-23-20/h5-12,19H,1-4H3,(H,23,24,25)/t19-/m0/s1. The minimum atomic E-state index is -0.0729. The van der Waals surface area contributed by atoms with Crippen LogP contribution in [-0.4, -0.2) is 24.7 Å². The average Bonchev–Trinajstić information content (AvgIpc) is 2.97. The first-order valence-corrected chi connectivity index (χ1v) is 8.92. The Bertz CT molecular complexity index is 1100. The highest BCUT2D eigenvalue weighted by molar-refractivity contribution is 5.89. The number of nitrogens with one attached hydrogen (secondary N) is 1. The van der Waals surface area contributed by atoms with Gasteiger partial charge >= 0.3 is 0 Å². The number of nitrogens with zero attached hydrogens (tertiary/aromatic N) is 5. The third-order valence-electron chi connectivity index (χ3n) is 4.84. The zero-order valence-corrected chi connectivity index (χ0v) is 15.9. The van der Waals surface area contributed by atoms with Gasteiger partial charge in [-0.05, 0) is 43.5 Å². The fourth-order valence-corrected chi connectivity index (χ4v) is 3.48. The minimum Gasteiger partial charge on any atom is -0.358 e. The van der Waals surface area contributed by atoms with Crippen LogP contribution in [0.15, 0.2) is 49.1 Å². The van der Waals surface area contributed by atoms with E-state index in [2.05, 4.69) is 63.5 Å². The number of aryl methyl sites for hydroxylation is 4. The molecule has 0 fully saturated rings. The molecule has 0 unspecified atom stereocenters. The molecule has 0 saturated carbocycles. The van der Waals surface area contributed by atoms with Gasteiger partial charge in [0, 0.05) is 19.4 Å². The quantitative estimate of drug-likeness (QED) is 0.599. The number of pyridine rings is 1. The molecule has 0 aliphatic rings. The van der Waals surface area contributed by atoms with E-state index < -0.39 is 0 Å². The Morgan fingerprint density at radius 1 is 1.07 bits per heavy atom. The van der Waals surface area contributed by atoms with Crippen LogP contribution in [0.4, 0.5) is 5.82 Å². The normalized spacial score (nSPS) is 12.3. The Hall–Kier alpha value is -3.28. The van der Waals surface area contributed by atoms with Gasteiger partial charge < -0.3 is 5.32 Å². The van der Waals surface area contributed by atoms with Crippen LogP contribution in [0.3, 0.4) is 0 Å². The van der Waals surface area contributed by atoms with Crippen LogP contribution < -0.4 is 5.32 Å². The molecule has 4 rings (SSSR count). The Balaban J connectivity index is 1.87. The monoisotopic (exact) mass is 358 g/mol. The van der Waals surface area contributed by atoms with Crippen LogP contribution in [-0.2, 0) is 7.05 Å². The molecule has 0 saturated heterocycles. The molecular formula is C21H22N6. The van der Waals surface area contributed by atoms with Crippen molar-refractivity contribution in [3.05, 3.63) is 77.0 Å². The molecule has 1 aromatic carbocycles. The Morgan fingerprint density at radius 2 is 1.93 bits per heavy atom. The van der Waals surface area contributed by atoms with Gasteiger partial charge in [-0.2, -0.15) is 5.10 Å². The lowest BCUT2D eigenvalue weighted by Crippen LogP contribution is -2.15. The van der Waals surface area contributed by atoms with E-state index in [0.717, 1.165) is 28.1 Å². The summed E-state index contributed by atoms with van der Waals surface area (Å²) >= 11 is 0. The molecule has 0 spiro atoms. The van der Waals surface area contributed by atoms with Crippen LogP contribution >= 0.6 is 0 Å². The molecule has 0 amide bonds. The Morgan fingerprint density at radius 3 is 2.70 bits per heavy atom. The summed E-state index contributed by atoms with van der Waals surface area (Å²) in [5.74, 6) is 0.778. The number of hydrogen-bond acceptors (Lipinski definition) is 5. The zero-order valence-electron chi connectivity index (χ0n) is 15.9. The average molecular weight is 358 g/mol. The second-order valence-corrected chi connectivity index (χ2v) is 6.85. The number of hydrogen-bond donors (Lipinski definition) is 1. The van der Waals surface area contributed by atoms with Gasteiger partial charge in [0.2, 0.25) is 0 Å². The minimum absolute atomic E-state index is 0.0729. The van der Waals surface area contributed by atoms with E-state index in [4.69, 9.17) is 0 Å². The number of benzene rings is 1. The lowest BCUT2D eigenvalue weighted by Gasteiger charge is -2.22. The molecular weight excluding hydrogens is 336 g/mol. The Kier molecular flexibility index (Phi) is 4.32. The molecule has 0 aliphatic heterocycles. The molecule has 136 valence electrons. The lowest BCUT2D eigenvalue weighted by atomic mass is 9.94. The summed E-state index contributed by atoms with van der Waals surface area (Å²) in [6.07, 6.45) is 5.26. The second kappa shape index (κ2) is 6.79. The second-order valence-electron chi connectivity index (χ2n) is 6.85. The SMILES string of the molecule is Cc1ccc(C)c([C@@H](Nc2ncnc3c2c(C)nn3C)c2cccnc2)c1. The topological polar surface area (TPSA) is 68.5 Å². The summed E-state index contributed by atoms with van der Waals surface area (Å²) in [6, 6.07) is 10.5. The van der Waals surface area contributed by atoms with E-state index in [9.17, 15) is 0 Å². The first kappa shape index (κ1) is 17.1. The van der Waals surface area contributed by atoms with Gasteiger partial charge in [-0.25, -0.2) is 9.97 Å². The highest BCUT2D eigenvalue weighted by Crippen LogP contribution is 2.31. The summed E-state index contributed by atoms with van der Waals surface area (Å²) in [5, 5.41) is 9.07. The van der Waals surface area contributed by atoms with E-state index in [1.807, 2.05) is 26.2 Å². The van der Waals surface area contributed by atoms with E-state index in [1.165, 1.54) is 16.7 Å². The fourth-order valence-electron chi connectivity index (χ4n) is 3.48. The maximum Gasteiger partial charge on any atom is 0.163 e. The number of anilines is 1. The first-order valence-electron chi connectivity index (χ1n) is 8.92. The van der Waals surface area contributed by atoms with Crippen molar-refractivity contribution in [3.8, 4) is 0 Å². The molecule has 4 aromatic rings. The van der Waals surface area contributed by atoms with Gasteiger partial charge in [-0.1, -0.05) is 29.8 Å². The predicted molar refractivity (Wildman–Crippen MR) is 107 cm³/mol. The van der Waals surface area contributed by atoms with Crippen molar-refractivity contribution in [1.82, 2.24) is 24.7 Å². The summed E-state index contributed by atoms with van der Waals surface area (Å²) in [4.78, 5) is 13.2. The van der Waals surface area contributed by atoms with Gasteiger partial charge in [-0.15, -0.1) is 0 Å². The number of rotatable bonds is 4. The third kappa shape index (κ3) is 3.14. The molecule has 6 heteroatoms. The summed E-state index contributed by atoms with van der Waals surface area (Å²) in [7, 11) is 1.90. The molecule has 0 bridgehead atoms. The van der Waals surface area contributed by atoms with E-state index in [-0.39, 0.29) is 6.04 Å². The Labute approximate surface area is 158 Å². The van der Waals surface area contributed by atoms with Crippen LogP contribution in [0.2, 0.25) is 0 Å². The van der Waals surface area contributed by atoms with Crippen LogP contribution in [0.5, 0.6) is 0 Å². The van der Waals surface area contributed by atoms with E-state index >= 15 is 0 Å². The van der Waals surface area contributed by atoms with Crippen molar-refractivity contribution in [2.24, 2.45) is 7.05 Å². The molecule has 6 nitrogen and oxygen atoms in total. The van der Waals surface area contributed by atoms with Gasteiger partial charge in [0.15, 0.2) is 5.65 Å². The molecule has 0 aliphatic carbocycles. The van der Waals surface area contributed by atoms with Gasteiger partial charge in [0.1, 0.15) is 12.1 Å². The summed E-state index contributed by atoms with van der Waals surface area (Å²) in [6.45, 7) is 6.22. The highest BCUT2D eigenvalue weighted by Gasteiger charge is 2.20. The first-order chi connectivity index (χ1) is 13.0. The largest absolute Gasteiger partial charge is 0.358 e. The van der Waals surface area contributed by atoms with Crippen molar-refractivity contribution in [3.63, 3.8) is 0 Å². The van der Waals surface area contributed by atoms with Crippen LogP contribution in [0.1, 0.15) is 34.0 Å². The molecule has 3 heterocycles. The maximum atomic E-state index is 4.53. The van der Waals surface area contributed by atoms with Crippen LogP contribution in [0, 0.1) is 20.8 Å². The summed E-state index contributed by atoms with van der Waals surface area (Å²) < 4.78 is 1.79. The van der Waals surface area contributed by atoms with Crippen molar-refractivity contribution in [2.45, 2.75) is 26.8 Å². The number of aromatic nitrogens is 5. The zero-order chi connectivity index (χ0) is 19.0. The smallest absolute Gasteiger partial charge is 0.163 e. The van der Waals surface area contributed by atoms with Crippen molar-refractivity contribution in [2.75, 3.05) is 5.32 Å². The molecule has 27 heavy (non-hydrogen) atoms. The number of fused-ring (bicyclic) bond motifs is 1. The van der Waals surface area contributed by atoms with Crippen molar-refractivity contribution in [1.29, 1.82) is 0 Å². The summed E-state index contributed by atoms with van der Waals surface area (Å²) in [5.41, 5.74) is 6.44. The lowest BCUT2D eigenvalue weighted by molar-refractivity contribution is 0.773. The van der Waals surface area contributed by atoms with Gasteiger partial charge in [-0.3, -0.25) is 9.67 Å². The maximum absolute atomic E-state index is 4.53. The molecule has 1 atom stereocenters. The van der Waals surface area contributed by atoms with Gasteiger partial charge in [0.25, 0.3) is 0 Å². The van der Waals surface area contributed by atoms with Crippen molar-refractivity contribution >= 4 is 16.9 Å². The van der Waals surface area contributed by atoms with E-state index in [0.29, 0.717) is 0 Å². The molecule has 1 N–H and O–H groups in total. The highest BCUT2D eigenvalue weighted by atomic mass is 15.3. The third-order valence-corrected chi connectivity index (χ3v) is 4.84. The molecule has 3 aromatic heterocycles. The van der Waals surface area contributed by atoms with E-state index in [1.54, 1.807) is 17.2 Å². The molecule has 0 radical (unpaired) electrons. The van der Waals surface area contributed by atoms with Gasteiger partial charge in [0.05, 0.1) is 17.1 Å².